The number of aliphatic carboxylic acids is 1. The number of nitrogens with zero attached hydrogens (tertiary/aromatic N) is 1. The first-order valence-electron chi connectivity index (χ1n) is 11.2. The van der Waals surface area contributed by atoms with Crippen molar-refractivity contribution in [1.29, 1.82) is 0 Å². The highest BCUT2D eigenvalue weighted by Gasteiger charge is 2.40. The Morgan fingerprint density at radius 2 is 1.86 bits per heavy atom. The number of hydrogen-bond acceptors (Lipinski definition) is 6. The second-order valence-corrected chi connectivity index (χ2v) is 9.81. The van der Waals surface area contributed by atoms with Gasteiger partial charge in [-0.2, -0.15) is 0 Å². The SMILES string of the molecule is CCc1cc(C(=O)c2ccc(OC(F)(F)F)cc2)c(NC(=O)CN2[C@@H](C(=O)O)CC[C@@H]2C(C)C)s1. The molecule has 11 heteroatoms. The Bertz CT molecular complexity index is 1080. The average molecular weight is 513 g/mol. The maximum atomic E-state index is 13.1. The summed E-state index contributed by atoms with van der Waals surface area (Å²) in [6.45, 7) is 5.73. The number of hydrogen-bond donors (Lipinski definition) is 2. The first-order valence-corrected chi connectivity index (χ1v) is 12.0. The summed E-state index contributed by atoms with van der Waals surface area (Å²) in [5.74, 6) is -2.14. The summed E-state index contributed by atoms with van der Waals surface area (Å²) in [5, 5.41) is 12.6. The van der Waals surface area contributed by atoms with E-state index in [1.807, 2.05) is 20.8 Å². The van der Waals surface area contributed by atoms with E-state index in [4.69, 9.17) is 0 Å². The predicted octanol–water partition coefficient (Wildman–Crippen LogP) is 4.95. The van der Waals surface area contributed by atoms with Gasteiger partial charge in [0.25, 0.3) is 0 Å². The van der Waals surface area contributed by atoms with Crippen LogP contribution in [0, 0.1) is 5.92 Å². The molecule has 190 valence electrons. The fourth-order valence-corrected chi connectivity index (χ4v) is 5.28. The molecule has 0 spiro atoms. The number of alkyl halides is 3. The number of amides is 1. The smallest absolute Gasteiger partial charge is 0.480 e. The fourth-order valence-electron chi connectivity index (χ4n) is 4.27. The van der Waals surface area contributed by atoms with Gasteiger partial charge in [0.1, 0.15) is 16.8 Å². The third kappa shape index (κ3) is 6.61. The Kier molecular flexibility index (Phi) is 8.22. The van der Waals surface area contributed by atoms with Gasteiger partial charge in [-0.1, -0.05) is 20.8 Å². The lowest BCUT2D eigenvalue weighted by Gasteiger charge is -2.29. The van der Waals surface area contributed by atoms with Gasteiger partial charge in [-0.15, -0.1) is 24.5 Å². The molecule has 1 aliphatic heterocycles. The van der Waals surface area contributed by atoms with Crippen molar-refractivity contribution in [3.63, 3.8) is 0 Å². The molecule has 1 fully saturated rings. The van der Waals surface area contributed by atoms with E-state index in [1.165, 1.54) is 23.5 Å². The van der Waals surface area contributed by atoms with Crippen molar-refractivity contribution in [2.75, 3.05) is 11.9 Å². The number of likely N-dealkylation sites (tertiary alicyclic amines) is 1. The fraction of sp³-hybridized carbons (Fsp3) is 0.458. The monoisotopic (exact) mass is 512 g/mol. The number of ketones is 1. The van der Waals surface area contributed by atoms with E-state index < -0.39 is 35.8 Å². The molecule has 0 bridgehead atoms. The summed E-state index contributed by atoms with van der Waals surface area (Å²) in [7, 11) is 0. The molecule has 2 heterocycles. The van der Waals surface area contributed by atoms with Crippen LogP contribution in [0.3, 0.4) is 0 Å². The molecule has 1 saturated heterocycles. The molecule has 1 aromatic heterocycles. The zero-order chi connectivity index (χ0) is 25.9. The van der Waals surface area contributed by atoms with Crippen LogP contribution in [-0.4, -0.2) is 52.7 Å². The number of rotatable bonds is 9. The van der Waals surface area contributed by atoms with Crippen molar-refractivity contribution >= 4 is 34.0 Å². The van der Waals surface area contributed by atoms with E-state index in [9.17, 15) is 32.7 Å². The second kappa shape index (κ2) is 10.8. The summed E-state index contributed by atoms with van der Waals surface area (Å²) >= 11 is 1.23. The van der Waals surface area contributed by atoms with Gasteiger partial charge in [0.05, 0.1) is 12.1 Å². The van der Waals surface area contributed by atoms with Crippen molar-refractivity contribution in [3.05, 3.63) is 46.3 Å². The average Bonchev–Trinajstić information content (AvgIpc) is 3.36. The second-order valence-electron chi connectivity index (χ2n) is 8.67. The maximum Gasteiger partial charge on any atom is 0.573 e. The van der Waals surface area contributed by atoms with E-state index in [2.05, 4.69) is 10.1 Å². The molecule has 7 nitrogen and oxygen atoms in total. The number of anilines is 1. The minimum absolute atomic E-state index is 0.0464. The molecule has 0 aliphatic carbocycles. The molecule has 1 aliphatic rings. The highest BCUT2D eigenvalue weighted by molar-refractivity contribution is 7.16. The topological polar surface area (TPSA) is 95.9 Å². The number of carboxylic acids is 1. The molecule has 1 aromatic carbocycles. The normalized spacial score (nSPS) is 18.6. The molecule has 2 N–H and O–H groups in total. The number of carbonyl (C=O) groups is 3. The Balaban J connectivity index is 1.79. The van der Waals surface area contributed by atoms with Gasteiger partial charge >= 0.3 is 12.3 Å². The zero-order valence-corrected chi connectivity index (χ0v) is 20.3. The van der Waals surface area contributed by atoms with Crippen molar-refractivity contribution in [1.82, 2.24) is 4.90 Å². The van der Waals surface area contributed by atoms with Crippen molar-refractivity contribution < 1.29 is 37.4 Å². The Morgan fingerprint density at radius 1 is 1.20 bits per heavy atom. The predicted molar refractivity (Wildman–Crippen MR) is 125 cm³/mol. The van der Waals surface area contributed by atoms with E-state index in [1.54, 1.807) is 11.0 Å². The van der Waals surface area contributed by atoms with Crippen molar-refractivity contribution in [2.24, 2.45) is 5.92 Å². The number of nitrogens with one attached hydrogen (secondary N) is 1. The van der Waals surface area contributed by atoms with Crippen molar-refractivity contribution in [2.45, 2.75) is 58.5 Å². The third-order valence-corrected chi connectivity index (χ3v) is 7.12. The molecule has 35 heavy (non-hydrogen) atoms. The summed E-state index contributed by atoms with van der Waals surface area (Å²) in [6.07, 6.45) is -3.08. The highest BCUT2D eigenvalue weighted by Crippen LogP contribution is 2.33. The summed E-state index contributed by atoms with van der Waals surface area (Å²) in [5.41, 5.74) is 0.363. The summed E-state index contributed by atoms with van der Waals surface area (Å²) in [4.78, 5) is 40.2. The molecule has 0 saturated carbocycles. The molecule has 2 atom stereocenters. The van der Waals surface area contributed by atoms with Gasteiger partial charge in [-0.25, -0.2) is 0 Å². The number of thiophene rings is 1. The van der Waals surface area contributed by atoms with Gasteiger partial charge < -0.3 is 15.2 Å². The van der Waals surface area contributed by atoms with Crippen LogP contribution < -0.4 is 10.1 Å². The zero-order valence-electron chi connectivity index (χ0n) is 19.5. The third-order valence-electron chi connectivity index (χ3n) is 5.92. The standard InChI is InChI=1S/C24H27F3N2O5S/c1-4-16-11-17(21(31)14-5-7-15(8-6-14)34-24(25,26)27)22(35-16)28-20(30)12-29-18(13(2)3)9-10-19(29)23(32)33/h5-8,11,13,18-19H,4,9-10,12H2,1-3H3,(H,28,30)(H,32,33)/t18-,19-/m1/s1. The van der Waals surface area contributed by atoms with Crippen LogP contribution in [-0.2, 0) is 16.0 Å². The van der Waals surface area contributed by atoms with E-state index >= 15 is 0 Å². The maximum absolute atomic E-state index is 13.1. The molecule has 2 aromatic rings. The van der Waals surface area contributed by atoms with E-state index in [0.717, 1.165) is 17.0 Å². The molecule has 0 unspecified atom stereocenters. The lowest BCUT2D eigenvalue weighted by atomic mass is 10.0. The Morgan fingerprint density at radius 3 is 2.40 bits per heavy atom. The first-order chi connectivity index (χ1) is 16.4. The molecular formula is C24H27F3N2O5S. The van der Waals surface area contributed by atoms with Gasteiger partial charge in [0.15, 0.2) is 5.78 Å². The largest absolute Gasteiger partial charge is 0.573 e. The quantitative estimate of drug-likeness (QED) is 0.462. The van der Waals surface area contributed by atoms with Gasteiger partial charge in [-0.3, -0.25) is 19.3 Å². The molecule has 1 amide bonds. The lowest BCUT2D eigenvalue weighted by molar-refractivity contribution is -0.274. The van der Waals surface area contributed by atoms with Crippen LogP contribution >= 0.6 is 11.3 Å². The van der Waals surface area contributed by atoms with Crippen LogP contribution in [0.5, 0.6) is 5.75 Å². The van der Waals surface area contributed by atoms with Crippen LogP contribution in [0.2, 0.25) is 0 Å². The first kappa shape index (κ1) is 26.7. The number of benzene rings is 1. The summed E-state index contributed by atoms with van der Waals surface area (Å²) in [6, 6.07) is 5.42. The van der Waals surface area contributed by atoms with E-state index in [0.29, 0.717) is 24.3 Å². The number of carbonyl (C=O) groups excluding carboxylic acids is 2. The number of carboxylic acid groups (broad SMARTS) is 1. The molecule has 3 rings (SSSR count). The molecule has 0 radical (unpaired) electrons. The highest BCUT2D eigenvalue weighted by atomic mass is 32.1. The Hall–Kier alpha value is -2.92. The van der Waals surface area contributed by atoms with Gasteiger partial charge in [0.2, 0.25) is 5.91 Å². The number of ether oxygens (including phenoxy) is 1. The molecular weight excluding hydrogens is 485 g/mol. The number of halogens is 3. The summed E-state index contributed by atoms with van der Waals surface area (Å²) < 4.78 is 41.0. The van der Waals surface area contributed by atoms with E-state index in [-0.39, 0.29) is 29.6 Å². The Labute approximate surface area is 204 Å². The minimum Gasteiger partial charge on any atom is -0.480 e. The minimum atomic E-state index is -4.84. The number of aryl methyl sites for hydroxylation is 1. The lowest BCUT2D eigenvalue weighted by Crippen LogP contribution is -2.46. The van der Waals surface area contributed by atoms with Crippen LogP contribution in [0.25, 0.3) is 0 Å². The van der Waals surface area contributed by atoms with Crippen LogP contribution in [0.4, 0.5) is 18.2 Å². The van der Waals surface area contributed by atoms with Crippen LogP contribution in [0.1, 0.15) is 54.4 Å². The van der Waals surface area contributed by atoms with Gasteiger partial charge in [0, 0.05) is 16.5 Å². The van der Waals surface area contributed by atoms with Crippen LogP contribution in [0.15, 0.2) is 30.3 Å². The van der Waals surface area contributed by atoms with Crippen molar-refractivity contribution in [3.8, 4) is 5.75 Å². The van der Waals surface area contributed by atoms with Gasteiger partial charge in [-0.05, 0) is 55.5 Å².